The molecular formula is C14H21ClN2O. The van der Waals surface area contributed by atoms with Crippen LogP contribution in [0.2, 0.25) is 5.02 Å². The van der Waals surface area contributed by atoms with Crippen LogP contribution in [0, 0.1) is 0 Å². The molecule has 0 saturated carbocycles. The van der Waals surface area contributed by atoms with Crippen molar-refractivity contribution < 1.29 is 4.74 Å². The maximum atomic E-state index is 6.04. The van der Waals surface area contributed by atoms with Crippen molar-refractivity contribution in [3.8, 4) is 0 Å². The second-order valence-electron chi connectivity index (χ2n) is 4.78. The van der Waals surface area contributed by atoms with Gasteiger partial charge in [0.05, 0.1) is 17.5 Å². The molecule has 1 aromatic carbocycles. The Labute approximate surface area is 114 Å². The molecule has 4 heteroatoms. The van der Waals surface area contributed by atoms with Gasteiger partial charge in [0.1, 0.15) is 0 Å². The number of nitrogens with two attached hydrogens (primary N) is 1. The van der Waals surface area contributed by atoms with Gasteiger partial charge in [-0.3, -0.25) is 0 Å². The molecule has 1 aliphatic heterocycles. The van der Waals surface area contributed by atoms with Crippen LogP contribution in [0.3, 0.4) is 0 Å². The summed E-state index contributed by atoms with van der Waals surface area (Å²) in [5.41, 5.74) is 7.85. The van der Waals surface area contributed by atoms with E-state index in [-0.39, 0.29) is 0 Å². The smallest absolute Gasteiger partial charge is 0.0750 e. The summed E-state index contributed by atoms with van der Waals surface area (Å²) in [5.74, 6) is 0. The van der Waals surface area contributed by atoms with Crippen LogP contribution in [0.5, 0.6) is 0 Å². The van der Waals surface area contributed by atoms with Gasteiger partial charge in [0.15, 0.2) is 0 Å². The monoisotopic (exact) mass is 268 g/mol. The van der Waals surface area contributed by atoms with Crippen molar-refractivity contribution in [2.45, 2.75) is 32.3 Å². The van der Waals surface area contributed by atoms with E-state index in [9.17, 15) is 0 Å². The molecule has 100 valence electrons. The van der Waals surface area contributed by atoms with E-state index in [2.05, 4.69) is 11.8 Å². The molecule has 1 aliphatic rings. The first kappa shape index (κ1) is 13.5. The molecule has 3 nitrogen and oxygen atoms in total. The number of nitrogens with zero attached hydrogens (tertiary/aromatic N) is 1. The number of hydrogen-bond donors (Lipinski definition) is 1. The minimum absolute atomic E-state index is 0.317. The Morgan fingerprint density at radius 2 is 2.33 bits per heavy atom. The van der Waals surface area contributed by atoms with E-state index in [1.165, 1.54) is 0 Å². The Bertz CT molecular complexity index is 397. The van der Waals surface area contributed by atoms with Crippen molar-refractivity contribution in [1.82, 2.24) is 0 Å². The number of piperidine rings is 1. The van der Waals surface area contributed by atoms with Crippen LogP contribution in [-0.4, -0.2) is 25.8 Å². The summed E-state index contributed by atoms with van der Waals surface area (Å²) in [6, 6.07) is 5.64. The van der Waals surface area contributed by atoms with Gasteiger partial charge in [-0.05, 0) is 37.5 Å². The van der Waals surface area contributed by atoms with E-state index in [1.54, 1.807) is 0 Å². The van der Waals surface area contributed by atoms with Crippen molar-refractivity contribution in [2.24, 2.45) is 0 Å². The summed E-state index contributed by atoms with van der Waals surface area (Å²) >= 11 is 6.04. The van der Waals surface area contributed by atoms with Gasteiger partial charge in [-0.2, -0.15) is 0 Å². The third-order valence-corrected chi connectivity index (χ3v) is 3.50. The molecule has 0 bridgehead atoms. The molecule has 18 heavy (non-hydrogen) atoms. The molecule has 0 radical (unpaired) electrons. The highest BCUT2D eigenvalue weighted by Gasteiger charge is 2.21. The lowest BCUT2D eigenvalue weighted by Crippen LogP contribution is -2.40. The lowest BCUT2D eigenvalue weighted by molar-refractivity contribution is 0.0441. The maximum absolute atomic E-state index is 6.04. The van der Waals surface area contributed by atoms with Crippen molar-refractivity contribution in [3.05, 3.63) is 23.2 Å². The van der Waals surface area contributed by atoms with Gasteiger partial charge in [0.25, 0.3) is 0 Å². The first-order valence-corrected chi connectivity index (χ1v) is 7.00. The number of rotatable bonds is 4. The molecule has 2 rings (SSSR count). The Kier molecular flexibility index (Phi) is 4.72. The van der Waals surface area contributed by atoms with E-state index in [0.29, 0.717) is 6.10 Å². The first-order valence-electron chi connectivity index (χ1n) is 6.62. The maximum Gasteiger partial charge on any atom is 0.0750 e. The molecule has 0 amide bonds. The van der Waals surface area contributed by atoms with Gasteiger partial charge in [0.2, 0.25) is 0 Å². The summed E-state index contributed by atoms with van der Waals surface area (Å²) in [5, 5.41) is 0.732. The highest BCUT2D eigenvalue weighted by molar-refractivity contribution is 6.31. The lowest BCUT2D eigenvalue weighted by Gasteiger charge is -2.35. The fraction of sp³-hybridized carbons (Fsp3) is 0.571. The Morgan fingerprint density at radius 1 is 1.50 bits per heavy atom. The number of benzene rings is 1. The molecule has 0 aromatic heterocycles. The van der Waals surface area contributed by atoms with Crippen molar-refractivity contribution in [1.29, 1.82) is 0 Å². The van der Waals surface area contributed by atoms with Crippen LogP contribution < -0.4 is 10.6 Å². The molecule has 1 aromatic rings. The minimum atomic E-state index is 0.317. The van der Waals surface area contributed by atoms with E-state index >= 15 is 0 Å². The summed E-state index contributed by atoms with van der Waals surface area (Å²) in [7, 11) is 0. The topological polar surface area (TPSA) is 38.5 Å². The van der Waals surface area contributed by atoms with E-state index in [0.717, 1.165) is 55.4 Å². The van der Waals surface area contributed by atoms with Crippen LogP contribution in [0.15, 0.2) is 18.2 Å². The van der Waals surface area contributed by atoms with E-state index < -0.39 is 0 Å². The van der Waals surface area contributed by atoms with Crippen LogP contribution >= 0.6 is 11.6 Å². The van der Waals surface area contributed by atoms with Crippen molar-refractivity contribution in [3.63, 3.8) is 0 Å². The van der Waals surface area contributed by atoms with Crippen LogP contribution in [-0.2, 0) is 4.74 Å². The molecule has 0 aliphatic carbocycles. The fourth-order valence-corrected chi connectivity index (χ4v) is 2.53. The zero-order valence-corrected chi connectivity index (χ0v) is 11.6. The van der Waals surface area contributed by atoms with Crippen molar-refractivity contribution >= 4 is 23.0 Å². The quantitative estimate of drug-likeness (QED) is 0.852. The molecule has 1 atom stereocenters. The number of ether oxygens (including phenoxy) is 1. The Morgan fingerprint density at radius 3 is 3.11 bits per heavy atom. The van der Waals surface area contributed by atoms with Crippen LogP contribution in [0.4, 0.5) is 11.4 Å². The SMILES string of the molecule is CCCOC1CCCN(c2cc(Cl)ccc2N)C1. The standard InChI is InChI=1S/C14H21ClN2O/c1-2-8-18-12-4-3-7-17(10-12)14-9-11(15)5-6-13(14)16/h5-6,9,12H,2-4,7-8,10,16H2,1H3. The van der Waals surface area contributed by atoms with Gasteiger partial charge < -0.3 is 15.4 Å². The number of hydrogen-bond acceptors (Lipinski definition) is 3. The third-order valence-electron chi connectivity index (χ3n) is 3.27. The predicted molar refractivity (Wildman–Crippen MR) is 77.3 cm³/mol. The Hall–Kier alpha value is -0.930. The number of nitrogen functional groups attached to an aromatic ring is 1. The number of halogens is 1. The molecule has 1 heterocycles. The normalized spacial score (nSPS) is 20.1. The third kappa shape index (κ3) is 3.30. The highest BCUT2D eigenvalue weighted by Crippen LogP contribution is 2.29. The second kappa shape index (κ2) is 6.30. The van der Waals surface area contributed by atoms with Gasteiger partial charge in [-0.25, -0.2) is 0 Å². The first-order chi connectivity index (χ1) is 8.70. The van der Waals surface area contributed by atoms with Crippen LogP contribution in [0.25, 0.3) is 0 Å². The highest BCUT2D eigenvalue weighted by atomic mass is 35.5. The average molecular weight is 269 g/mol. The van der Waals surface area contributed by atoms with Crippen molar-refractivity contribution in [2.75, 3.05) is 30.3 Å². The van der Waals surface area contributed by atoms with Gasteiger partial charge in [0, 0.05) is 24.7 Å². The summed E-state index contributed by atoms with van der Waals surface area (Å²) in [4.78, 5) is 2.28. The average Bonchev–Trinajstić information content (AvgIpc) is 2.39. The second-order valence-corrected chi connectivity index (χ2v) is 5.22. The van der Waals surface area contributed by atoms with Crippen LogP contribution in [0.1, 0.15) is 26.2 Å². The summed E-state index contributed by atoms with van der Waals surface area (Å²) in [6.45, 7) is 4.90. The summed E-state index contributed by atoms with van der Waals surface area (Å²) < 4.78 is 5.84. The fourth-order valence-electron chi connectivity index (χ4n) is 2.37. The zero-order chi connectivity index (χ0) is 13.0. The molecular weight excluding hydrogens is 248 g/mol. The predicted octanol–water partition coefficient (Wildman–Crippen LogP) is 3.32. The van der Waals surface area contributed by atoms with E-state index in [4.69, 9.17) is 22.1 Å². The van der Waals surface area contributed by atoms with Gasteiger partial charge >= 0.3 is 0 Å². The largest absolute Gasteiger partial charge is 0.397 e. The molecule has 1 unspecified atom stereocenters. The summed E-state index contributed by atoms with van der Waals surface area (Å²) in [6.07, 6.45) is 3.66. The zero-order valence-electron chi connectivity index (χ0n) is 10.9. The van der Waals surface area contributed by atoms with Gasteiger partial charge in [-0.1, -0.05) is 18.5 Å². The van der Waals surface area contributed by atoms with Gasteiger partial charge in [-0.15, -0.1) is 0 Å². The molecule has 0 spiro atoms. The minimum Gasteiger partial charge on any atom is -0.397 e. The van der Waals surface area contributed by atoms with E-state index in [1.807, 2.05) is 18.2 Å². The Balaban J connectivity index is 2.05. The molecule has 1 saturated heterocycles. The molecule has 1 fully saturated rings. The lowest BCUT2D eigenvalue weighted by atomic mass is 10.1. The molecule has 2 N–H and O–H groups in total. The number of anilines is 2.